The van der Waals surface area contributed by atoms with E-state index in [-0.39, 0.29) is 17.9 Å². The van der Waals surface area contributed by atoms with Crippen molar-refractivity contribution >= 4 is 35.1 Å². The Balaban J connectivity index is 1.30. The summed E-state index contributed by atoms with van der Waals surface area (Å²) in [7, 11) is 0. The van der Waals surface area contributed by atoms with Gasteiger partial charge in [0, 0.05) is 38.9 Å². The average Bonchev–Trinajstić information content (AvgIpc) is 3.10. The van der Waals surface area contributed by atoms with Gasteiger partial charge in [0.1, 0.15) is 18.2 Å². The number of nitrogens with one attached hydrogen (secondary N) is 1. The number of carbonyl (C=O) groups excluding carboxylic acids is 2. The molecule has 2 aliphatic heterocycles. The maximum Gasteiger partial charge on any atom is 0.415 e. The third kappa shape index (κ3) is 4.83. The van der Waals surface area contributed by atoms with E-state index < -0.39 is 6.09 Å². The summed E-state index contributed by atoms with van der Waals surface area (Å²) in [6.45, 7) is 7.22. The van der Waals surface area contributed by atoms with Crippen molar-refractivity contribution in [1.29, 1.82) is 0 Å². The van der Waals surface area contributed by atoms with Crippen LogP contribution < -0.4 is 15.0 Å². The Bertz CT molecular complexity index is 979. The SMILES string of the molecule is CC(C)C1NC(=S)N(c2ccc(OC(=O)N3CCN(Cc4ccncn4)CC3)cn2)C1=O. The third-order valence-corrected chi connectivity index (χ3v) is 5.75. The quantitative estimate of drug-likeness (QED) is 0.671. The molecule has 0 aromatic carbocycles. The Morgan fingerprint density at radius 2 is 2.00 bits per heavy atom. The summed E-state index contributed by atoms with van der Waals surface area (Å²) in [5, 5.41) is 3.35. The summed E-state index contributed by atoms with van der Waals surface area (Å²) >= 11 is 5.29. The standard InChI is InChI=1S/C21H25N7O3S/c1-14(2)18-19(29)28(20(32)25-18)17-4-3-16(11-23-17)31-21(30)27-9-7-26(8-10-27)12-15-5-6-22-13-24-15/h3-6,11,13-14,18H,7-10,12H2,1-2H3,(H,25,32). The van der Waals surface area contributed by atoms with Gasteiger partial charge in [0.15, 0.2) is 10.9 Å². The third-order valence-electron chi connectivity index (χ3n) is 5.45. The molecule has 11 heteroatoms. The van der Waals surface area contributed by atoms with Crippen LogP contribution in [0.5, 0.6) is 5.75 Å². The lowest BCUT2D eigenvalue weighted by molar-refractivity contribution is -0.119. The van der Waals surface area contributed by atoms with Gasteiger partial charge in [0.25, 0.3) is 5.91 Å². The van der Waals surface area contributed by atoms with Crippen LogP contribution in [0.3, 0.4) is 0 Å². The smallest absolute Gasteiger partial charge is 0.409 e. The van der Waals surface area contributed by atoms with Crippen molar-refractivity contribution in [2.45, 2.75) is 26.4 Å². The number of amides is 2. The molecule has 168 valence electrons. The van der Waals surface area contributed by atoms with Crippen molar-refractivity contribution < 1.29 is 14.3 Å². The number of carbonyl (C=O) groups is 2. The second-order valence-electron chi connectivity index (χ2n) is 8.03. The van der Waals surface area contributed by atoms with Gasteiger partial charge in [-0.3, -0.25) is 9.69 Å². The molecule has 4 heterocycles. The van der Waals surface area contributed by atoms with Crippen molar-refractivity contribution in [3.63, 3.8) is 0 Å². The molecule has 4 rings (SSSR count). The summed E-state index contributed by atoms with van der Waals surface area (Å²) in [5.41, 5.74) is 0.952. The first-order valence-corrected chi connectivity index (χ1v) is 10.9. The van der Waals surface area contributed by atoms with E-state index in [2.05, 4.69) is 25.2 Å². The number of anilines is 1. The fourth-order valence-corrected chi connectivity index (χ4v) is 3.94. The number of ether oxygens (including phenoxy) is 1. The fourth-order valence-electron chi connectivity index (χ4n) is 3.63. The van der Waals surface area contributed by atoms with Crippen LogP contribution in [0.4, 0.5) is 10.6 Å². The molecule has 2 aliphatic rings. The molecule has 2 aromatic heterocycles. The van der Waals surface area contributed by atoms with Crippen molar-refractivity contribution in [1.82, 2.24) is 30.1 Å². The molecule has 0 bridgehead atoms. The van der Waals surface area contributed by atoms with Crippen molar-refractivity contribution in [2.75, 3.05) is 31.1 Å². The first-order chi connectivity index (χ1) is 15.4. The lowest BCUT2D eigenvalue weighted by atomic mass is 10.1. The van der Waals surface area contributed by atoms with Gasteiger partial charge in [0.05, 0.1) is 11.9 Å². The second-order valence-corrected chi connectivity index (χ2v) is 8.42. The Morgan fingerprint density at radius 1 is 1.22 bits per heavy atom. The predicted octanol–water partition coefficient (Wildman–Crippen LogP) is 1.43. The van der Waals surface area contributed by atoms with Gasteiger partial charge in [-0.15, -0.1) is 0 Å². The number of rotatable bonds is 5. The van der Waals surface area contributed by atoms with Crippen LogP contribution in [0.1, 0.15) is 19.5 Å². The summed E-state index contributed by atoms with van der Waals surface area (Å²) in [5.74, 6) is 0.677. The molecule has 1 atom stereocenters. The number of thiocarbonyl (C=S) groups is 1. The number of hydrogen-bond donors (Lipinski definition) is 1. The lowest BCUT2D eigenvalue weighted by Crippen LogP contribution is -2.49. The van der Waals surface area contributed by atoms with Gasteiger partial charge in [-0.25, -0.2) is 24.6 Å². The van der Waals surface area contributed by atoms with Crippen LogP contribution in [-0.4, -0.2) is 74.1 Å². The molecule has 10 nitrogen and oxygen atoms in total. The highest BCUT2D eigenvalue weighted by Crippen LogP contribution is 2.23. The normalized spacial score (nSPS) is 19.4. The van der Waals surface area contributed by atoms with E-state index in [1.807, 2.05) is 19.9 Å². The Morgan fingerprint density at radius 3 is 2.59 bits per heavy atom. The van der Waals surface area contributed by atoms with Gasteiger partial charge >= 0.3 is 6.09 Å². The van der Waals surface area contributed by atoms with Gasteiger partial charge in [0.2, 0.25) is 0 Å². The summed E-state index contributed by atoms with van der Waals surface area (Å²) < 4.78 is 5.47. The maximum absolute atomic E-state index is 12.6. The zero-order valence-corrected chi connectivity index (χ0v) is 18.8. The zero-order chi connectivity index (χ0) is 22.7. The van der Waals surface area contributed by atoms with E-state index in [4.69, 9.17) is 17.0 Å². The van der Waals surface area contributed by atoms with Gasteiger partial charge in [-0.1, -0.05) is 13.8 Å². The molecule has 1 N–H and O–H groups in total. The highest BCUT2D eigenvalue weighted by molar-refractivity contribution is 7.80. The van der Waals surface area contributed by atoms with E-state index >= 15 is 0 Å². The van der Waals surface area contributed by atoms with Gasteiger partial charge in [-0.05, 0) is 36.3 Å². The van der Waals surface area contributed by atoms with Crippen LogP contribution >= 0.6 is 12.2 Å². The first-order valence-electron chi connectivity index (χ1n) is 10.5. The summed E-state index contributed by atoms with van der Waals surface area (Å²) in [6, 6.07) is 4.76. The fraction of sp³-hybridized carbons (Fsp3) is 0.429. The molecular weight excluding hydrogens is 430 g/mol. The van der Waals surface area contributed by atoms with E-state index in [1.165, 1.54) is 17.4 Å². The highest BCUT2D eigenvalue weighted by Gasteiger charge is 2.38. The number of nitrogens with zero attached hydrogens (tertiary/aromatic N) is 6. The molecule has 0 aliphatic carbocycles. The van der Waals surface area contributed by atoms with Crippen LogP contribution in [0.25, 0.3) is 0 Å². The van der Waals surface area contributed by atoms with Crippen LogP contribution in [0.2, 0.25) is 0 Å². The van der Waals surface area contributed by atoms with Crippen molar-refractivity contribution in [2.24, 2.45) is 5.92 Å². The first kappa shape index (κ1) is 22.0. The minimum atomic E-state index is -0.421. The van der Waals surface area contributed by atoms with E-state index in [1.54, 1.807) is 23.2 Å². The Kier molecular flexibility index (Phi) is 6.56. The van der Waals surface area contributed by atoms with Gasteiger partial charge in [-0.2, -0.15) is 0 Å². The topological polar surface area (TPSA) is 104 Å². The zero-order valence-electron chi connectivity index (χ0n) is 18.0. The molecule has 0 radical (unpaired) electrons. The van der Waals surface area contributed by atoms with Crippen molar-refractivity contribution in [3.05, 3.63) is 42.6 Å². The molecule has 0 saturated carbocycles. The number of aromatic nitrogens is 3. The number of pyridine rings is 1. The lowest BCUT2D eigenvalue weighted by Gasteiger charge is -2.33. The van der Waals surface area contributed by atoms with E-state index in [0.29, 0.717) is 29.8 Å². The largest absolute Gasteiger partial charge is 0.415 e. The second kappa shape index (κ2) is 9.53. The molecule has 2 fully saturated rings. The Labute approximate surface area is 191 Å². The van der Waals surface area contributed by atoms with E-state index in [0.717, 1.165) is 25.3 Å². The maximum atomic E-state index is 12.6. The predicted molar refractivity (Wildman–Crippen MR) is 121 cm³/mol. The molecular formula is C21H25N7O3S. The monoisotopic (exact) mass is 455 g/mol. The number of piperazine rings is 1. The molecule has 2 aromatic rings. The molecule has 0 spiro atoms. The van der Waals surface area contributed by atoms with Crippen LogP contribution in [0, 0.1) is 5.92 Å². The van der Waals surface area contributed by atoms with E-state index in [9.17, 15) is 9.59 Å². The van der Waals surface area contributed by atoms with Gasteiger partial charge < -0.3 is 15.0 Å². The summed E-state index contributed by atoms with van der Waals surface area (Å²) in [6.07, 6.45) is 4.27. The number of hydrogen-bond acceptors (Lipinski definition) is 8. The van der Waals surface area contributed by atoms with Crippen LogP contribution in [-0.2, 0) is 11.3 Å². The Hall–Kier alpha value is -3.18. The molecule has 2 saturated heterocycles. The minimum absolute atomic E-state index is 0.104. The highest BCUT2D eigenvalue weighted by atomic mass is 32.1. The molecule has 32 heavy (non-hydrogen) atoms. The van der Waals surface area contributed by atoms with Crippen LogP contribution in [0.15, 0.2) is 36.9 Å². The molecule has 2 amide bonds. The minimum Gasteiger partial charge on any atom is -0.409 e. The summed E-state index contributed by atoms with van der Waals surface area (Å²) in [4.78, 5) is 42.9. The molecule has 1 unspecified atom stereocenters. The van der Waals surface area contributed by atoms with Crippen molar-refractivity contribution in [3.8, 4) is 5.75 Å². The average molecular weight is 456 g/mol.